The van der Waals surface area contributed by atoms with Crippen molar-refractivity contribution in [1.82, 2.24) is 5.48 Å². The average molecular weight is 281 g/mol. The third-order valence-corrected chi connectivity index (χ3v) is 3.77. The Morgan fingerprint density at radius 3 is 2.58 bits per heavy atom. The summed E-state index contributed by atoms with van der Waals surface area (Å²) in [6.45, 7) is 8.87. The van der Waals surface area contributed by atoms with Gasteiger partial charge in [0.25, 0.3) is 0 Å². The van der Waals surface area contributed by atoms with Crippen LogP contribution in [0.4, 0.5) is 0 Å². The lowest BCUT2D eigenvalue weighted by molar-refractivity contribution is 0.0720. The van der Waals surface area contributed by atoms with Crippen molar-refractivity contribution in [2.75, 3.05) is 6.61 Å². The largest absolute Gasteiger partial charge is 0.463 e. The molecule has 1 atom stereocenters. The molecular formula is C15H23NO2S. The van der Waals surface area contributed by atoms with E-state index in [1.165, 1.54) is 11.3 Å². The highest BCUT2D eigenvalue weighted by Crippen LogP contribution is 2.26. The Morgan fingerprint density at radius 2 is 2.00 bits per heavy atom. The fourth-order valence-electron chi connectivity index (χ4n) is 1.28. The van der Waals surface area contributed by atoms with E-state index in [4.69, 9.17) is 9.57 Å². The third kappa shape index (κ3) is 6.55. The molecule has 3 nitrogen and oxygen atoms in total. The van der Waals surface area contributed by atoms with Crippen molar-refractivity contribution in [2.45, 2.75) is 44.3 Å². The summed E-state index contributed by atoms with van der Waals surface area (Å²) >= 11 is 1.88. The summed E-state index contributed by atoms with van der Waals surface area (Å²) in [5.74, 6) is 0.825. The van der Waals surface area contributed by atoms with Crippen molar-refractivity contribution >= 4 is 11.8 Å². The van der Waals surface area contributed by atoms with Crippen LogP contribution in [0.5, 0.6) is 5.75 Å². The maximum atomic E-state index is 5.54. The van der Waals surface area contributed by atoms with Crippen LogP contribution in [0, 0.1) is 0 Å². The first-order valence-corrected chi connectivity index (χ1v) is 7.51. The number of rotatable bonds is 8. The number of hydrogen-bond donors (Lipinski definition) is 1. The second-order valence-electron chi connectivity index (χ2n) is 4.26. The number of ether oxygens (including phenoxy) is 1. The van der Waals surface area contributed by atoms with Gasteiger partial charge in [-0.15, -0.1) is 11.8 Å². The minimum Gasteiger partial charge on any atom is -0.463 e. The van der Waals surface area contributed by atoms with Gasteiger partial charge in [-0.3, -0.25) is 10.3 Å². The van der Waals surface area contributed by atoms with Gasteiger partial charge in [0, 0.05) is 10.1 Å². The predicted octanol–water partition coefficient (Wildman–Crippen LogP) is 4.36. The van der Waals surface area contributed by atoms with E-state index in [1.807, 2.05) is 37.7 Å². The van der Waals surface area contributed by atoms with Crippen LogP contribution in [-0.2, 0) is 4.84 Å². The quantitative estimate of drug-likeness (QED) is 0.436. The Kier molecular flexibility index (Phi) is 7.45. The highest BCUT2D eigenvalue weighted by atomic mass is 32.2. The Hall–Kier alpha value is -1.13. The minimum atomic E-state index is 0.618. The summed E-state index contributed by atoms with van der Waals surface area (Å²) in [6.07, 6.45) is 2.82. The van der Waals surface area contributed by atoms with Gasteiger partial charge < -0.3 is 4.74 Å². The van der Waals surface area contributed by atoms with E-state index in [0.29, 0.717) is 11.9 Å². The molecule has 1 rings (SSSR count). The fraction of sp³-hybridized carbons (Fsp3) is 0.467. The molecule has 1 aromatic rings. The van der Waals surface area contributed by atoms with Crippen LogP contribution in [0.2, 0.25) is 0 Å². The first kappa shape index (κ1) is 15.9. The van der Waals surface area contributed by atoms with Gasteiger partial charge in [-0.2, -0.15) is 0 Å². The summed E-state index contributed by atoms with van der Waals surface area (Å²) in [6, 6.07) is 8.14. The molecular weight excluding hydrogens is 258 g/mol. The molecule has 0 aliphatic carbocycles. The Bertz CT molecular complexity index is 390. The normalized spacial score (nSPS) is 13.2. The van der Waals surface area contributed by atoms with Crippen LogP contribution in [-0.4, -0.2) is 11.9 Å². The molecule has 0 aromatic heterocycles. The third-order valence-electron chi connectivity index (χ3n) is 2.49. The van der Waals surface area contributed by atoms with Gasteiger partial charge >= 0.3 is 0 Å². The molecule has 1 unspecified atom stereocenters. The van der Waals surface area contributed by atoms with Gasteiger partial charge in [0.05, 0.1) is 12.3 Å². The van der Waals surface area contributed by atoms with Gasteiger partial charge in [-0.1, -0.05) is 13.8 Å². The molecule has 0 aliphatic heterocycles. The SMILES string of the molecule is CCONC(C)=COc1ccc(SC(C)CC)cc1. The van der Waals surface area contributed by atoms with Gasteiger partial charge in [-0.25, -0.2) is 0 Å². The maximum Gasteiger partial charge on any atom is 0.126 e. The lowest BCUT2D eigenvalue weighted by atomic mass is 10.3. The van der Waals surface area contributed by atoms with Crippen molar-refractivity contribution in [3.63, 3.8) is 0 Å². The highest BCUT2D eigenvalue weighted by molar-refractivity contribution is 7.99. The Labute approximate surface area is 120 Å². The average Bonchev–Trinajstić information content (AvgIpc) is 2.44. The monoisotopic (exact) mass is 281 g/mol. The zero-order valence-corrected chi connectivity index (χ0v) is 12.9. The molecule has 0 saturated heterocycles. The number of hydrogen-bond acceptors (Lipinski definition) is 4. The topological polar surface area (TPSA) is 30.5 Å². The molecule has 1 aromatic carbocycles. The molecule has 0 radical (unpaired) electrons. The first-order valence-electron chi connectivity index (χ1n) is 6.63. The van der Waals surface area contributed by atoms with E-state index in [2.05, 4.69) is 31.5 Å². The molecule has 106 valence electrons. The summed E-state index contributed by atoms with van der Waals surface area (Å²) in [5.41, 5.74) is 3.61. The Morgan fingerprint density at radius 1 is 1.32 bits per heavy atom. The standard InChI is InChI=1S/C15H23NO2S/c1-5-13(4)19-15-9-7-14(8-10-15)17-11-12(3)16-18-6-2/h7-11,13,16H,5-6H2,1-4H3. The molecule has 19 heavy (non-hydrogen) atoms. The van der Waals surface area contributed by atoms with Crippen molar-refractivity contribution in [3.8, 4) is 5.75 Å². The minimum absolute atomic E-state index is 0.618. The van der Waals surface area contributed by atoms with Gasteiger partial charge in [0.15, 0.2) is 0 Å². The van der Waals surface area contributed by atoms with E-state index < -0.39 is 0 Å². The van der Waals surface area contributed by atoms with Crippen LogP contribution in [0.3, 0.4) is 0 Å². The Balaban J connectivity index is 2.48. The van der Waals surface area contributed by atoms with Gasteiger partial charge in [0.1, 0.15) is 12.0 Å². The van der Waals surface area contributed by atoms with Crippen molar-refractivity contribution in [3.05, 3.63) is 36.2 Å². The molecule has 1 N–H and O–H groups in total. The van der Waals surface area contributed by atoms with Crippen LogP contribution in [0.25, 0.3) is 0 Å². The fourth-order valence-corrected chi connectivity index (χ4v) is 2.20. The summed E-state index contributed by atoms with van der Waals surface area (Å²) in [4.78, 5) is 6.33. The van der Waals surface area contributed by atoms with Crippen LogP contribution in [0.1, 0.15) is 34.1 Å². The van der Waals surface area contributed by atoms with E-state index in [1.54, 1.807) is 6.26 Å². The molecule has 4 heteroatoms. The molecule has 0 bridgehead atoms. The number of hydroxylamine groups is 1. The van der Waals surface area contributed by atoms with Crippen LogP contribution in [0.15, 0.2) is 41.1 Å². The maximum absolute atomic E-state index is 5.54. The number of benzene rings is 1. The van der Waals surface area contributed by atoms with Gasteiger partial charge in [0.2, 0.25) is 0 Å². The van der Waals surface area contributed by atoms with Crippen molar-refractivity contribution in [1.29, 1.82) is 0 Å². The second kappa shape index (κ2) is 8.88. The predicted molar refractivity (Wildman–Crippen MR) is 81.2 cm³/mol. The number of allylic oxidation sites excluding steroid dienone is 1. The van der Waals surface area contributed by atoms with Gasteiger partial charge in [-0.05, 0) is 44.5 Å². The molecule has 0 saturated carbocycles. The smallest absolute Gasteiger partial charge is 0.126 e. The van der Waals surface area contributed by atoms with E-state index in [-0.39, 0.29) is 0 Å². The molecule has 0 spiro atoms. The van der Waals surface area contributed by atoms with E-state index >= 15 is 0 Å². The zero-order chi connectivity index (χ0) is 14.1. The zero-order valence-electron chi connectivity index (χ0n) is 12.1. The highest BCUT2D eigenvalue weighted by Gasteiger charge is 2.01. The second-order valence-corrected chi connectivity index (χ2v) is 5.77. The summed E-state index contributed by atoms with van der Waals surface area (Å²) < 4.78 is 5.54. The molecule has 0 fully saturated rings. The summed E-state index contributed by atoms with van der Waals surface area (Å²) in [7, 11) is 0. The molecule has 0 amide bonds. The molecule has 0 aliphatic rings. The van der Waals surface area contributed by atoms with E-state index in [0.717, 1.165) is 11.4 Å². The number of nitrogens with one attached hydrogen (secondary N) is 1. The number of thioether (sulfide) groups is 1. The summed E-state index contributed by atoms with van der Waals surface area (Å²) in [5, 5.41) is 0.643. The van der Waals surface area contributed by atoms with Crippen LogP contribution >= 0.6 is 11.8 Å². The van der Waals surface area contributed by atoms with Crippen molar-refractivity contribution in [2.24, 2.45) is 0 Å². The first-order chi connectivity index (χ1) is 9.15. The lowest BCUT2D eigenvalue weighted by Crippen LogP contribution is -2.12. The van der Waals surface area contributed by atoms with Crippen molar-refractivity contribution < 1.29 is 9.57 Å². The lowest BCUT2D eigenvalue weighted by Gasteiger charge is -2.09. The molecule has 0 heterocycles. The van der Waals surface area contributed by atoms with Crippen LogP contribution < -0.4 is 10.2 Å². The van der Waals surface area contributed by atoms with E-state index in [9.17, 15) is 0 Å².